The summed E-state index contributed by atoms with van der Waals surface area (Å²) in [5, 5.41) is 8.57. The molecule has 7 heteroatoms. The number of rotatable bonds is 6. The van der Waals surface area contributed by atoms with Crippen LogP contribution in [0.25, 0.3) is 0 Å². The van der Waals surface area contributed by atoms with E-state index in [4.69, 9.17) is 5.11 Å². The van der Waals surface area contributed by atoms with Gasteiger partial charge < -0.3 is 10.0 Å². The molecule has 0 heterocycles. The minimum atomic E-state index is -3.75. The van der Waals surface area contributed by atoms with Crippen molar-refractivity contribution in [2.24, 2.45) is 5.92 Å². The predicted molar refractivity (Wildman–Crippen MR) is 73.5 cm³/mol. The van der Waals surface area contributed by atoms with Gasteiger partial charge in [0.25, 0.3) is 0 Å². The standard InChI is InChI=1S/C12H24N2O4S/c1-10-5-4-6-12(7-10,14(2)3)9-13-19(17,18)8-11(15)16/h10,13H,4-9H2,1-3H3,(H,15,16). The number of hydrogen-bond donors (Lipinski definition) is 2. The van der Waals surface area contributed by atoms with Crippen LogP contribution in [0.15, 0.2) is 0 Å². The molecule has 0 aromatic carbocycles. The SMILES string of the molecule is CC1CCCC(CNS(=O)(=O)CC(=O)O)(N(C)C)C1. The number of sulfonamides is 1. The average Bonchev–Trinajstić information content (AvgIpc) is 2.24. The lowest BCUT2D eigenvalue weighted by atomic mass is 9.75. The summed E-state index contributed by atoms with van der Waals surface area (Å²) in [4.78, 5) is 12.6. The van der Waals surface area contributed by atoms with Crippen LogP contribution in [0.4, 0.5) is 0 Å². The number of carbonyl (C=O) groups is 1. The van der Waals surface area contributed by atoms with Crippen LogP contribution in [-0.2, 0) is 14.8 Å². The Kier molecular flexibility index (Phi) is 5.34. The Hall–Kier alpha value is -0.660. The Morgan fingerprint density at radius 1 is 1.47 bits per heavy atom. The number of aliphatic carboxylic acids is 1. The molecule has 0 amide bonds. The molecule has 0 spiro atoms. The van der Waals surface area contributed by atoms with Crippen molar-refractivity contribution in [1.29, 1.82) is 0 Å². The van der Waals surface area contributed by atoms with E-state index in [0.717, 1.165) is 25.7 Å². The van der Waals surface area contributed by atoms with Crippen molar-refractivity contribution in [2.45, 2.75) is 38.1 Å². The average molecular weight is 292 g/mol. The van der Waals surface area contributed by atoms with Crippen LogP contribution >= 0.6 is 0 Å². The molecule has 1 saturated carbocycles. The maximum Gasteiger partial charge on any atom is 0.320 e. The fraction of sp³-hybridized carbons (Fsp3) is 0.917. The molecular weight excluding hydrogens is 268 g/mol. The van der Waals surface area contributed by atoms with Gasteiger partial charge in [0.1, 0.15) is 0 Å². The largest absolute Gasteiger partial charge is 0.480 e. The molecule has 112 valence electrons. The first-order valence-corrected chi connectivity index (χ1v) is 8.19. The Balaban J connectivity index is 2.72. The highest BCUT2D eigenvalue weighted by Gasteiger charge is 2.37. The fourth-order valence-corrected chi connectivity index (χ4v) is 3.73. The second-order valence-corrected chi connectivity index (χ2v) is 7.60. The Morgan fingerprint density at radius 2 is 2.11 bits per heavy atom. The molecule has 0 saturated heterocycles. The predicted octanol–water partition coefficient (Wildman–Crippen LogP) is 0.501. The van der Waals surface area contributed by atoms with Gasteiger partial charge in [-0.15, -0.1) is 0 Å². The summed E-state index contributed by atoms with van der Waals surface area (Å²) >= 11 is 0. The van der Waals surface area contributed by atoms with Crippen molar-refractivity contribution in [1.82, 2.24) is 9.62 Å². The third kappa shape index (κ3) is 4.74. The van der Waals surface area contributed by atoms with Crippen molar-refractivity contribution in [3.63, 3.8) is 0 Å². The lowest BCUT2D eigenvalue weighted by molar-refractivity contribution is -0.134. The van der Waals surface area contributed by atoms with Crippen LogP contribution in [0.1, 0.15) is 32.6 Å². The van der Waals surface area contributed by atoms with Gasteiger partial charge in [-0.25, -0.2) is 13.1 Å². The van der Waals surface area contributed by atoms with E-state index in [1.165, 1.54) is 0 Å². The Bertz CT molecular complexity index is 421. The first-order chi connectivity index (χ1) is 8.67. The molecule has 1 fully saturated rings. The molecule has 1 rings (SSSR count). The van der Waals surface area contributed by atoms with Crippen LogP contribution in [0.5, 0.6) is 0 Å². The highest BCUT2D eigenvalue weighted by Crippen LogP contribution is 2.35. The van der Waals surface area contributed by atoms with E-state index in [9.17, 15) is 13.2 Å². The van der Waals surface area contributed by atoms with Gasteiger partial charge in [-0.05, 0) is 32.9 Å². The van der Waals surface area contributed by atoms with Crippen LogP contribution in [0, 0.1) is 5.92 Å². The van der Waals surface area contributed by atoms with Crippen molar-refractivity contribution < 1.29 is 18.3 Å². The number of carboxylic acids is 1. The maximum atomic E-state index is 11.6. The second kappa shape index (κ2) is 6.19. The van der Waals surface area contributed by atoms with Gasteiger partial charge in [-0.2, -0.15) is 0 Å². The maximum absolute atomic E-state index is 11.6. The molecule has 2 N–H and O–H groups in total. The van der Waals surface area contributed by atoms with E-state index in [1.54, 1.807) is 0 Å². The van der Waals surface area contributed by atoms with Crippen LogP contribution in [0.2, 0.25) is 0 Å². The number of carboxylic acid groups (broad SMARTS) is 1. The Morgan fingerprint density at radius 3 is 2.58 bits per heavy atom. The van der Waals surface area contributed by atoms with Crippen molar-refractivity contribution >= 4 is 16.0 Å². The first-order valence-electron chi connectivity index (χ1n) is 6.53. The zero-order valence-electron chi connectivity index (χ0n) is 11.8. The molecule has 0 bridgehead atoms. The molecule has 1 aliphatic carbocycles. The lowest BCUT2D eigenvalue weighted by Crippen LogP contribution is -2.55. The molecular formula is C12H24N2O4S. The van der Waals surface area contributed by atoms with Gasteiger partial charge in [0.15, 0.2) is 5.75 Å². The normalized spacial score (nSPS) is 28.5. The van der Waals surface area contributed by atoms with E-state index in [1.807, 2.05) is 14.1 Å². The monoisotopic (exact) mass is 292 g/mol. The molecule has 2 atom stereocenters. The number of hydrogen-bond acceptors (Lipinski definition) is 4. The van der Waals surface area contributed by atoms with Gasteiger partial charge in [-0.1, -0.05) is 19.8 Å². The van der Waals surface area contributed by atoms with E-state index in [-0.39, 0.29) is 12.1 Å². The summed E-state index contributed by atoms with van der Waals surface area (Å²) in [6, 6.07) is 0. The molecule has 1 aliphatic rings. The van der Waals surface area contributed by atoms with E-state index in [2.05, 4.69) is 16.5 Å². The van der Waals surface area contributed by atoms with Gasteiger partial charge in [0, 0.05) is 12.1 Å². The molecule has 0 aliphatic heterocycles. The zero-order valence-corrected chi connectivity index (χ0v) is 12.7. The first kappa shape index (κ1) is 16.4. The topological polar surface area (TPSA) is 86.7 Å². The third-order valence-corrected chi connectivity index (χ3v) is 5.16. The van der Waals surface area contributed by atoms with Crippen molar-refractivity contribution in [3.8, 4) is 0 Å². The summed E-state index contributed by atoms with van der Waals surface area (Å²) < 4.78 is 25.7. The number of likely N-dealkylation sites (N-methyl/N-ethyl adjacent to an activating group) is 1. The quantitative estimate of drug-likeness (QED) is 0.744. The van der Waals surface area contributed by atoms with Gasteiger partial charge in [0.05, 0.1) is 0 Å². The van der Waals surface area contributed by atoms with Crippen LogP contribution in [0.3, 0.4) is 0 Å². The minimum Gasteiger partial charge on any atom is -0.480 e. The summed E-state index contributed by atoms with van der Waals surface area (Å²) in [5.41, 5.74) is -0.205. The Labute approximate surface area is 115 Å². The molecule has 0 aromatic heterocycles. The fourth-order valence-electron chi connectivity index (χ4n) is 2.82. The highest BCUT2D eigenvalue weighted by molar-refractivity contribution is 7.90. The number of nitrogens with one attached hydrogen (secondary N) is 1. The van der Waals surface area contributed by atoms with Crippen molar-refractivity contribution in [3.05, 3.63) is 0 Å². The summed E-state index contributed by atoms with van der Waals surface area (Å²) in [6.45, 7) is 2.45. The molecule has 6 nitrogen and oxygen atoms in total. The van der Waals surface area contributed by atoms with Crippen LogP contribution in [-0.4, -0.2) is 56.3 Å². The number of nitrogens with zero attached hydrogens (tertiary/aromatic N) is 1. The minimum absolute atomic E-state index is 0.205. The van der Waals surface area contributed by atoms with Gasteiger partial charge in [0.2, 0.25) is 10.0 Å². The zero-order chi connectivity index (χ0) is 14.7. The summed E-state index contributed by atoms with van der Waals surface area (Å²) in [5.74, 6) is -1.64. The molecule has 2 unspecified atom stereocenters. The van der Waals surface area contributed by atoms with E-state index >= 15 is 0 Å². The molecule has 0 aromatic rings. The van der Waals surface area contributed by atoms with E-state index in [0.29, 0.717) is 5.92 Å². The second-order valence-electron chi connectivity index (χ2n) is 5.79. The van der Waals surface area contributed by atoms with E-state index < -0.39 is 21.7 Å². The molecule has 19 heavy (non-hydrogen) atoms. The van der Waals surface area contributed by atoms with Crippen LogP contribution < -0.4 is 4.72 Å². The highest BCUT2D eigenvalue weighted by atomic mass is 32.2. The smallest absolute Gasteiger partial charge is 0.320 e. The third-order valence-electron chi connectivity index (χ3n) is 3.95. The summed E-state index contributed by atoms with van der Waals surface area (Å²) in [7, 11) is 0.150. The lowest BCUT2D eigenvalue weighted by Gasteiger charge is -2.45. The van der Waals surface area contributed by atoms with Gasteiger partial charge >= 0.3 is 5.97 Å². The van der Waals surface area contributed by atoms with Crippen molar-refractivity contribution in [2.75, 3.05) is 26.4 Å². The molecule has 0 radical (unpaired) electrons. The van der Waals surface area contributed by atoms with Gasteiger partial charge in [-0.3, -0.25) is 4.79 Å². The summed E-state index contributed by atoms with van der Waals surface area (Å²) in [6.07, 6.45) is 4.09.